The highest BCUT2D eigenvalue weighted by atomic mass is 16.1. The molecule has 0 atom stereocenters. The Kier molecular flexibility index (Phi) is 6.37. The van der Waals surface area contributed by atoms with E-state index in [0.29, 0.717) is 11.5 Å². The first kappa shape index (κ1) is 19.5. The van der Waals surface area contributed by atoms with Crippen LogP contribution in [-0.2, 0) is 0 Å². The Labute approximate surface area is 166 Å². The highest BCUT2D eigenvalue weighted by molar-refractivity contribution is 5.94. The number of nitrogens with zero attached hydrogens (tertiary/aromatic N) is 3. The van der Waals surface area contributed by atoms with Crippen molar-refractivity contribution in [3.63, 3.8) is 0 Å². The van der Waals surface area contributed by atoms with Crippen LogP contribution in [0.1, 0.15) is 37.0 Å². The van der Waals surface area contributed by atoms with Gasteiger partial charge >= 0.3 is 0 Å². The van der Waals surface area contributed by atoms with Gasteiger partial charge in [-0.05, 0) is 37.6 Å². The van der Waals surface area contributed by atoms with E-state index in [0.717, 1.165) is 42.1 Å². The second-order valence-corrected chi connectivity index (χ2v) is 6.84. The molecule has 28 heavy (non-hydrogen) atoms. The highest BCUT2D eigenvalue weighted by Crippen LogP contribution is 2.25. The van der Waals surface area contributed by atoms with Gasteiger partial charge in [-0.15, -0.1) is 0 Å². The maximum Gasteiger partial charge on any atom is 0.227 e. The van der Waals surface area contributed by atoms with Crippen molar-refractivity contribution >= 4 is 23.2 Å². The van der Waals surface area contributed by atoms with Gasteiger partial charge in [0.05, 0.1) is 5.69 Å². The number of carbonyl (C=O) groups is 1. The SMILES string of the molecule is CCCCN(C)c1nc(Nc2ccc(C(C)=O)cc2)cc(-c2ccccc2)n1. The molecule has 144 valence electrons. The lowest BCUT2D eigenvalue weighted by Crippen LogP contribution is -2.21. The molecule has 0 amide bonds. The number of hydrogen-bond donors (Lipinski definition) is 1. The summed E-state index contributed by atoms with van der Waals surface area (Å²) in [6.45, 7) is 4.64. The van der Waals surface area contributed by atoms with E-state index in [-0.39, 0.29) is 5.78 Å². The van der Waals surface area contributed by atoms with Crippen molar-refractivity contribution in [2.75, 3.05) is 23.8 Å². The summed E-state index contributed by atoms with van der Waals surface area (Å²) in [5.41, 5.74) is 3.49. The summed E-state index contributed by atoms with van der Waals surface area (Å²) in [5.74, 6) is 1.47. The fourth-order valence-electron chi connectivity index (χ4n) is 2.86. The van der Waals surface area contributed by atoms with Crippen LogP contribution in [0.15, 0.2) is 60.7 Å². The molecule has 2 aromatic carbocycles. The average Bonchev–Trinajstić information content (AvgIpc) is 2.72. The van der Waals surface area contributed by atoms with Gasteiger partial charge in [-0.3, -0.25) is 4.79 Å². The Morgan fingerprint density at radius 3 is 2.39 bits per heavy atom. The van der Waals surface area contributed by atoms with Crippen LogP contribution in [0.25, 0.3) is 11.3 Å². The number of unbranched alkanes of at least 4 members (excludes halogenated alkanes) is 1. The molecular weight excluding hydrogens is 348 g/mol. The van der Waals surface area contributed by atoms with Crippen LogP contribution in [-0.4, -0.2) is 29.3 Å². The van der Waals surface area contributed by atoms with Crippen molar-refractivity contribution in [3.8, 4) is 11.3 Å². The number of aromatic nitrogens is 2. The standard InChI is InChI=1S/C23H26N4O/c1-4-5-15-27(3)23-25-21(19-9-7-6-8-10-19)16-22(26-23)24-20-13-11-18(12-14-20)17(2)28/h6-14,16H,4-5,15H2,1-3H3,(H,24,25,26). The van der Waals surface area contributed by atoms with Gasteiger partial charge < -0.3 is 10.2 Å². The van der Waals surface area contributed by atoms with Crippen LogP contribution in [0.4, 0.5) is 17.5 Å². The zero-order chi connectivity index (χ0) is 19.9. The smallest absolute Gasteiger partial charge is 0.227 e. The monoisotopic (exact) mass is 374 g/mol. The third-order valence-electron chi connectivity index (χ3n) is 4.54. The van der Waals surface area contributed by atoms with Gasteiger partial charge in [0.1, 0.15) is 5.82 Å². The van der Waals surface area contributed by atoms with E-state index in [1.807, 2.05) is 67.7 Å². The molecule has 1 heterocycles. The van der Waals surface area contributed by atoms with Gasteiger partial charge in [-0.1, -0.05) is 43.7 Å². The third kappa shape index (κ3) is 4.94. The fourth-order valence-corrected chi connectivity index (χ4v) is 2.86. The molecule has 0 saturated carbocycles. The first-order valence-electron chi connectivity index (χ1n) is 9.60. The Balaban J connectivity index is 1.93. The fraction of sp³-hybridized carbons (Fsp3) is 0.261. The zero-order valence-electron chi connectivity index (χ0n) is 16.6. The van der Waals surface area contributed by atoms with Gasteiger partial charge in [-0.2, -0.15) is 4.98 Å². The summed E-state index contributed by atoms with van der Waals surface area (Å²) in [5, 5.41) is 3.34. The van der Waals surface area contributed by atoms with E-state index in [9.17, 15) is 4.79 Å². The summed E-state index contributed by atoms with van der Waals surface area (Å²) in [4.78, 5) is 23.0. The van der Waals surface area contributed by atoms with Crippen molar-refractivity contribution in [2.24, 2.45) is 0 Å². The van der Waals surface area contributed by atoms with Gasteiger partial charge in [0.15, 0.2) is 5.78 Å². The van der Waals surface area contributed by atoms with Crippen LogP contribution in [0.3, 0.4) is 0 Å². The molecule has 1 aromatic heterocycles. The van der Waals surface area contributed by atoms with Crippen molar-refractivity contribution in [1.29, 1.82) is 0 Å². The first-order chi connectivity index (χ1) is 13.6. The van der Waals surface area contributed by atoms with E-state index in [2.05, 4.69) is 17.1 Å². The largest absolute Gasteiger partial charge is 0.344 e. The number of ketones is 1. The normalized spacial score (nSPS) is 10.5. The number of benzene rings is 2. The van der Waals surface area contributed by atoms with Gasteiger partial charge in [-0.25, -0.2) is 4.98 Å². The number of hydrogen-bond acceptors (Lipinski definition) is 5. The molecule has 0 bridgehead atoms. The maximum atomic E-state index is 11.5. The molecule has 0 unspecified atom stereocenters. The Hall–Kier alpha value is -3.21. The summed E-state index contributed by atoms with van der Waals surface area (Å²) in [6.07, 6.45) is 2.21. The summed E-state index contributed by atoms with van der Waals surface area (Å²) in [6, 6.07) is 19.5. The Bertz CT molecular complexity index is 923. The molecule has 0 fully saturated rings. The van der Waals surface area contributed by atoms with Crippen LogP contribution < -0.4 is 10.2 Å². The Morgan fingerprint density at radius 2 is 1.75 bits per heavy atom. The average molecular weight is 374 g/mol. The van der Waals surface area contributed by atoms with Crippen molar-refractivity contribution in [2.45, 2.75) is 26.7 Å². The third-order valence-corrected chi connectivity index (χ3v) is 4.54. The number of carbonyl (C=O) groups excluding carboxylic acids is 1. The molecule has 5 heteroatoms. The molecule has 0 aliphatic rings. The van der Waals surface area contributed by atoms with Crippen LogP contribution in [0.2, 0.25) is 0 Å². The van der Waals surface area contributed by atoms with Crippen molar-refractivity contribution in [1.82, 2.24) is 9.97 Å². The van der Waals surface area contributed by atoms with E-state index < -0.39 is 0 Å². The lowest BCUT2D eigenvalue weighted by Gasteiger charge is -2.19. The van der Waals surface area contributed by atoms with Gasteiger partial charge in [0.2, 0.25) is 5.95 Å². The predicted molar refractivity (Wildman–Crippen MR) is 115 cm³/mol. The van der Waals surface area contributed by atoms with Crippen LogP contribution >= 0.6 is 0 Å². The van der Waals surface area contributed by atoms with Crippen LogP contribution in [0.5, 0.6) is 0 Å². The summed E-state index contributed by atoms with van der Waals surface area (Å²) in [7, 11) is 2.02. The number of Topliss-reactive ketones (excluding diaryl/α,β-unsaturated/α-hetero) is 1. The maximum absolute atomic E-state index is 11.5. The lowest BCUT2D eigenvalue weighted by atomic mass is 10.1. The minimum Gasteiger partial charge on any atom is -0.344 e. The number of rotatable bonds is 8. The van der Waals surface area contributed by atoms with Crippen molar-refractivity contribution in [3.05, 3.63) is 66.2 Å². The molecule has 0 aliphatic carbocycles. The minimum absolute atomic E-state index is 0.0554. The van der Waals surface area contributed by atoms with E-state index in [1.54, 1.807) is 6.92 Å². The molecule has 5 nitrogen and oxygen atoms in total. The first-order valence-corrected chi connectivity index (χ1v) is 9.60. The molecule has 1 N–H and O–H groups in total. The predicted octanol–water partition coefficient (Wildman–Crippen LogP) is 5.33. The lowest BCUT2D eigenvalue weighted by molar-refractivity contribution is 0.101. The van der Waals surface area contributed by atoms with E-state index >= 15 is 0 Å². The van der Waals surface area contributed by atoms with Crippen LogP contribution in [0, 0.1) is 0 Å². The second-order valence-electron chi connectivity index (χ2n) is 6.84. The molecule has 0 radical (unpaired) electrons. The number of nitrogens with one attached hydrogen (secondary N) is 1. The molecule has 0 spiro atoms. The Morgan fingerprint density at radius 1 is 1.04 bits per heavy atom. The van der Waals surface area contributed by atoms with Gasteiger partial charge in [0, 0.05) is 36.5 Å². The van der Waals surface area contributed by atoms with Gasteiger partial charge in [0.25, 0.3) is 0 Å². The molecule has 0 aliphatic heterocycles. The minimum atomic E-state index is 0.0554. The number of anilines is 3. The topological polar surface area (TPSA) is 58.1 Å². The molecule has 3 rings (SSSR count). The van der Waals surface area contributed by atoms with E-state index in [4.69, 9.17) is 9.97 Å². The zero-order valence-corrected chi connectivity index (χ0v) is 16.6. The van der Waals surface area contributed by atoms with Crippen molar-refractivity contribution < 1.29 is 4.79 Å². The summed E-state index contributed by atoms with van der Waals surface area (Å²) < 4.78 is 0. The second kappa shape index (κ2) is 9.13. The highest BCUT2D eigenvalue weighted by Gasteiger charge is 2.11. The quantitative estimate of drug-likeness (QED) is 0.540. The molecular formula is C23H26N4O. The molecule has 3 aromatic rings. The molecule has 0 saturated heterocycles. The van der Waals surface area contributed by atoms with E-state index in [1.165, 1.54) is 0 Å². The summed E-state index contributed by atoms with van der Waals surface area (Å²) >= 11 is 0.